The quantitative estimate of drug-likeness (QED) is 0.829. The lowest BCUT2D eigenvalue weighted by Gasteiger charge is -2.32. The first-order valence-electron chi connectivity index (χ1n) is 6.42. The number of carboxylic acids is 1. The number of allylic oxidation sites excluding steroid dienone is 1. The number of cyclic esters (lactones) is 1. The summed E-state index contributed by atoms with van der Waals surface area (Å²) < 4.78 is 5.26. The molecule has 0 aliphatic carbocycles. The zero-order chi connectivity index (χ0) is 14.9. The third-order valence-electron chi connectivity index (χ3n) is 3.30. The summed E-state index contributed by atoms with van der Waals surface area (Å²) in [5, 5.41) is 11.5. The smallest absolute Gasteiger partial charge is 0.412 e. The number of amides is 1. The highest BCUT2D eigenvalue weighted by molar-refractivity contribution is 5.92. The normalized spacial score (nSPS) is 16.9. The number of anilines is 1. The molecule has 1 aromatic rings. The molecule has 0 bridgehead atoms. The number of nitrogens with one attached hydrogen (secondary N) is 1. The van der Waals surface area contributed by atoms with Crippen LogP contribution in [-0.2, 0) is 15.1 Å². The van der Waals surface area contributed by atoms with E-state index < -0.39 is 17.7 Å². The van der Waals surface area contributed by atoms with Gasteiger partial charge in [-0.25, -0.2) is 9.59 Å². The highest BCUT2D eigenvalue weighted by Gasteiger charge is 2.33. The molecule has 0 spiro atoms. The first kappa shape index (κ1) is 14.1. The maximum Gasteiger partial charge on any atom is 0.412 e. The maximum absolute atomic E-state index is 11.4. The van der Waals surface area contributed by atoms with Gasteiger partial charge in [-0.3, -0.25) is 5.32 Å². The molecule has 1 aliphatic rings. The molecule has 106 valence electrons. The molecule has 0 aromatic heterocycles. The lowest BCUT2D eigenvalue weighted by atomic mass is 9.90. The van der Waals surface area contributed by atoms with Gasteiger partial charge in [-0.05, 0) is 43.5 Å². The Morgan fingerprint density at radius 2 is 2.15 bits per heavy atom. The third-order valence-corrected chi connectivity index (χ3v) is 3.30. The topological polar surface area (TPSA) is 75.6 Å². The van der Waals surface area contributed by atoms with Crippen molar-refractivity contribution < 1.29 is 19.4 Å². The number of aliphatic carboxylic acids is 1. The van der Waals surface area contributed by atoms with Crippen molar-refractivity contribution in [1.29, 1.82) is 0 Å². The van der Waals surface area contributed by atoms with E-state index in [-0.39, 0.29) is 0 Å². The molecule has 2 N–H and O–H groups in total. The van der Waals surface area contributed by atoms with Crippen LogP contribution >= 0.6 is 0 Å². The number of benzene rings is 1. The van der Waals surface area contributed by atoms with Crippen LogP contribution in [0.25, 0.3) is 5.57 Å². The van der Waals surface area contributed by atoms with E-state index in [9.17, 15) is 9.59 Å². The predicted molar refractivity (Wildman–Crippen MR) is 75.5 cm³/mol. The van der Waals surface area contributed by atoms with Crippen LogP contribution < -0.4 is 5.32 Å². The minimum absolute atomic E-state index is 0.480. The molecule has 0 fully saturated rings. The van der Waals surface area contributed by atoms with Crippen molar-refractivity contribution in [2.75, 3.05) is 5.32 Å². The second kappa shape index (κ2) is 5.00. The van der Waals surface area contributed by atoms with Crippen molar-refractivity contribution in [3.8, 4) is 0 Å². The first-order valence-corrected chi connectivity index (χ1v) is 6.42. The molecule has 0 saturated carbocycles. The van der Waals surface area contributed by atoms with E-state index >= 15 is 0 Å². The van der Waals surface area contributed by atoms with E-state index in [1.54, 1.807) is 26.0 Å². The number of rotatable bonds is 3. The standard InChI is InChI=1S/C15H17NO4/c1-4-9(8-13(17)18)10-5-6-12-11(7-10)15(2,3)20-14(19)16-12/h5-8H,4H2,1-3H3,(H,16,19)(H,17,18)/b9-8-. The minimum atomic E-state index is -0.969. The summed E-state index contributed by atoms with van der Waals surface area (Å²) in [7, 11) is 0. The van der Waals surface area contributed by atoms with Crippen LogP contribution in [0.1, 0.15) is 38.3 Å². The second-order valence-corrected chi connectivity index (χ2v) is 5.15. The van der Waals surface area contributed by atoms with Crippen molar-refractivity contribution in [2.45, 2.75) is 32.8 Å². The molecule has 0 unspecified atom stereocenters. The lowest BCUT2D eigenvalue weighted by Crippen LogP contribution is -2.34. The number of carbonyl (C=O) groups excluding carboxylic acids is 1. The molecule has 5 nitrogen and oxygen atoms in total. The molecule has 2 rings (SSSR count). The number of fused-ring (bicyclic) bond motifs is 1. The van der Waals surface area contributed by atoms with Crippen LogP contribution in [0, 0.1) is 0 Å². The zero-order valence-corrected chi connectivity index (χ0v) is 11.7. The van der Waals surface area contributed by atoms with Gasteiger partial charge in [0.25, 0.3) is 0 Å². The largest absolute Gasteiger partial charge is 0.478 e. The van der Waals surface area contributed by atoms with Gasteiger partial charge in [-0.2, -0.15) is 0 Å². The zero-order valence-electron chi connectivity index (χ0n) is 11.7. The second-order valence-electron chi connectivity index (χ2n) is 5.15. The highest BCUT2D eigenvalue weighted by atomic mass is 16.6. The maximum atomic E-state index is 11.4. The van der Waals surface area contributed by atoms with Gasteiger partial charge in [0.15, 0.2) is 0 Å². The van der Waals surface area contributed by atoms with Gasteiger partial charge in [-0.1, -0.05) is 13.0 Å². The van der Waals surface area contributed by atoms with Gasteiger partial charge in [0.1, 0.15) is 5.60 Å². The molecular weight excluding hydrogens is 258 g/mol. The van der Waals surface area contributed by atoms with Gasteiger partial charge in [0.05, 0.1) is 5.69 Å². The lowest BCUT2D eigenvalue weighted by molar-refractivity contribution is -0.131. The Morgan fingerprint density at radius 1 is 1.45 bits per heavy atom. The average molecular weight is 275 g/mol. The van der Waals surface area contributed by atoms with E-state index in [0.29, 0.717) is 12.1 Å². The molecule has 1 amide bonds. The van der Waals surface area contributed by atoms with Crippen molar-refractivity contribution >= 4 is 23.3 Å². The Balaban J connectivity index is 2.51. The number of carboxylic acid groups (broad SMARTS) is 1. The van der Waals surface area contributed by atoms with Crippen molar-refractivity contribution in [2.24, 2.45) is 0 Å². The Hall–Kier alpha value is -2.30. The molecule has 0 atom stereocenters. The minimum Gasteiger partial charge on any atom is -0.478 e. The van der Waals surface area contributed by atoms with Gasteiger partial charge in [0, 0.05) is 11.6 Å². The van der Waals surface area contributed by atoms with Crippen LogP contribution in [0.2, 0.25) is 0 Å². The number of hydrogen-bond acceptors (Lipinski definition) is 3. The molecule has 1 heterocycles. The molecule has 1 aliphatic heterocycles. The third kappa shape index (κ3) is 2.66. The fourth-order valence-corrected chi connectivity index (χ4v) is 2.31. The van der Waals surface area contributed by atoms with E-state index in [0.717, 1.165) is 16.7 Å². The predicted octanol–water partition coefficient (Wildman–Crippen LogP) is 3.36. The molecule has 0 saturated heterocycles. The van der Waals surface area contributed by atoms with E-state index in [1.165, 1.54) is 6.08 Å². The average Bonchev–Trinajstić information content (AvgIpc) is 2.34. The van der Waals surface area contributed by atoms with Crippen LogP contribution in [0.4, 0.5) is 10.5 Å². The molecule has 5 heteroatoms. The van der Waals surface area contributed by atoms with Gasteiger partial charge in [0.2, 0.25) is 0 Å². The van der Waals surface area contributed by atoms with E-state index in [1.807, 2.05) is 13.0 Å². The Kier molecular flexibility index (Phi) is 3.53. The van der Waals surface area contributed by atoms with Gasteiger partial charge < -0.3 is 9.84 Å². The molecule has 0 radical (unpaired) electrons. The van der Waals surface area contributed by atoms with E-state index in [4.69, 9.17) is 9.84 Å². The van der Waals surface area contributed by atoms with Crippen molar-refractivity contribution in [3.05, 3.63) is 35.4 Å². The monoisotopic (exact) mass is 275 g/mol. The Labute approximate surface area is 117 Å². The fraction of sp³-hybridized carbons (Fsp3) is 0.333. The summed E-state index contributed by atoms with van der Waals surface area (Å²) in [6.07, 6.45) is 1.34. The summed E-state index contributed by atoms with van der Waals surface area (Å²) in [6, 6.07) is 5.45. The number of carbonyl (C=O) groups is 2. The number of ether oxygens (including phenoxy) is 1. The molecule has 1 aromatic carbocycles. The van der Waals surface area contributed by atoms with Crippen LogP contribution in [0.5, 0.6) is 0 Å². The summed E-state index contributed by atoms with van der Waals surface area (Å²) >= 11 is 0. The Morgan fingerprint density at radius 3 is 2.75 bits per heavy atom. The van der Waals surface area contributed by atoms with Crippen LogP contribution in [0.3, 0.4) is 0 Å². The van der Waals surface area contributed by atoms with Crippen molar-refractivity contribution in [3.63, 3.8) is 0 Å². The van der Waals surface area contributed by atoms with Crippen molar-refractivity contribution in [1.82, 2.24) is 0 Å². The van der Waals surface area contributed by atoms with Gasteiger partial charge in [-0.15, -0.1) is 0 Å². The summed E-state index contributed by atoms with van der Waals surface area (Å²) in [6.45, 7) is 5.51. The van der Waals surface area contributed by atoms with Gasteiger partial charge >= 0.3 is 12.1 Å². The summed E-state index contributed by atoms with van der Waals surface area (Å²) in [4.78, 5) is 22.3. The van der Waals surface area contributed by atoms with Crippen LogP contribution in [0.15, 0.2) is 24.3 Å². The molecular formula is C15H17NO4. The fourth-order valence-electron chi connectivity index (χ4n) is 2.31. The first-order chi connectivity index (χ1) is 9.33. The number of hydrogen-bond donors (Lipinski definition) is 2. The molecule has 20 heavy (non-hydrogen) atoms. The SMILES string of the molecule is CC/C(=C/C(=O)O)c1ccc2c(c1)C(C)(C)OC(=O)N2. The Bertz CT molecular complexity index is 602. The van der Waals surface area contributed by atoms with E-state index in [2.05, 4.69) is 5.32 Å². The highest BCUT2D eigenvalue weighted by Crippen LogP contribution is 2.37. The van der Waals surface area contributed by atoms with Crippen LogP contribution in [-0.4, -0.2) is 17.2 Å². The summed E-state index contributed by atoms with van der Waals surface area (Å²) in [5.41, 5.74) is 2.34. The summed E-state index contributed by atoms with van der Waals surface area (Å²) in [5.74, 6) is -0.969.